The van der Waals surface area contributed by atoms with Crippen molar-refractivity contribution in [1.29, 1.82) is 0 Å². The Bertz CT molecular complexity index is 326. The van der Waals surface area contributed by atoms with Crippen molar-refractivity contribution in [2.75, 3.05) is 6.54 Å². The second-order valence-corrected chi connectivity index (χ2v) is 5.47. The predicted molar refractivity (Wildman–Crippen MR) is 70.9 cm³/mol. The summed E-state index contributed by atoms with van der Waals surface area (Å²) < 4.78 is 2.20. The van der Waals surface area contributed by atoms with E-state index in [-0.39, 0.29) is 0 Å². The van der Waals surface area contributed by atoms with Gasteiger partial charge in [-0.15, -0.1) is 0 Å². The van der Waals surface area contributed by atoms with E-state index in [4.69, 9.17) is 10.8 Å². The second-order valence-electron chi connectivity index (χ2n) is 5.47. The fraction of sp³-hybridized carbons (Fsp3) is 0.786. The minimum absolute atomic E-state index is 0.648. The van der Waals surface area contributed by atoms with Crippen molar-refractivity contribution < 1.29 is 0 Å². The Kier molecular flexibility index (Phi) is 4.60. The summed E-state index contributed by atoms with van der Waals surface area (Å²) in [7, 11) is 0. The normalized spacial score (nSPS) is 19.4. The molecule has 1 aromatic heterocycles. The highest BCUT2D eigenvalue weighted by Gasteiger charge is 2.16. The largest absolute Gasteiger partial charge is 0.330 e. The van der Waals surface area contributed by atoms with Crippen LogP contribution in [0.15, 0.2) is 12.3 Å². The van der Waals surface area contributed by atoms with E-state index in [1.807, 2.05) is 0 Å². The van der Waals surface area contributed by atoms with E-state index in [1.165, 1.54) is 37.8 Å². The first-order chi connectivity index (χ1) is 8.29. The zero-order valence-electron chi connectivity index (χ0n) is 10.9. The molecule has 3 heteroatoms. The molecule has 0 saturated heterocycles. The Hall–Kier alpha value is -0.830. The van der Waals surface area contributed by atoms with Gasteiger partial charge in [0, 0.05) is 6.20 Å². The van der Waals surface area contributed by atoms with Gasteiger partial charge in [-0.05, 0) is 44.2 Å². The van der Waals surface area contributed by atoms with Crippen LogP contribution in [0.2, 0.25) is 0 Å². The molecular weight excluding hydrogens is 210 g/mol. The van der Waals surface area contributed by atoms with Crippen LogP contribution in [0.25, 0.3) is 0 Å². The maximum Gasteiger partial charge on any atom is 0.0627 e. The molecule has 0 bridgehead atoms. The molecule has 1 aliphatic carbocycles. The van der Waals surface area contributed by atoms with Crippen molar-refractivity contribution in [3.8, 4) is 0 Å². The number of hydrogen-bond donors (Lipinski definition) is 1. The molecule has 17 heavy (non-hydrogen) atoms. The molecule has 1 fully saturated rings. The molecule has 3 nitrogen and oxygen atoms in total. The van der Waals surface area contributed by atoms with E-state index in [0.29, 0.717) is 12.0 Å². The molecule has 1 heterocycles. The van der Waals surface area contributed by atoms with E-state index in [0.717, 1.165) is 19.4 Å². The zero-order valence-corrected chi connectivity index (χ0v) is 10.9. The van der Waals surface area contributed by atoms with Gasteiger partial charge in [-0.3, -0.25) is 4.68 Å². The van der Waals surface area contributed by atoms with Crippen LogP contribution < -0.4 is 5.73 Å². The number of nitrogens with zero attached hydrogens (tertiary/aromatic N) is 2. The molecule has 2 rings (SSSR count). The number of hydrogen-bond acceptors (Lipinski definition) is 2. The molecular formula is C14H25N3. The minimum atomic E-state index is 0.648. The summed E-state index contributed by atoms with van der Waals surface area (Å²) in [6, 6.07) is 2.84. The quantitative estimate of drug-likeness (QED) is 0.852. The minimum Gasteiger partial charge on any atom is -0.330 e. The van der Waals surface area contributed by atoms with Crippen LogP contribution in [-0.2, 0) is 6.42 Å². The molecule has 1 unspecified atom stereocenters. The summed E-state index contributed by atoms with van der Waals surface area (Å²) in [6.45, 7) is 3.04. The van der Waals surface area contributed by atoms with Gasteiger partial charge in [-0.1, -0.05) is 26.2 Å². The van der Waals surface area contributed by atoms with Gasteiger partial charge in [0.05, 0.1) is 11.7 Å². The van der Waals surface area contributed by atoms with Gasteiger partial charge in [0.2, 0.25) is 0 Å². The highest BCUT2D eigenvalue weighted by atomic mass is 15.3. The van der Waals surface area contributed by atoms with Gasteiger partial charge < -0.3 is 5.73 Å². The summed E-state index contributed by atoms with van der Waals surface area (Å²) in [5, 5.41) is 4.73. The van der Waals surface area contributed by atoms with Gasteiger partial charge in [0.1, 0.15) is 0 Å². The monoisotopic (exact) mass is 235 g/mol. The first-order valence-corrected chi connectivity index (χ1v) is 7.03. The molecule has 0 aliphatic heterocycles. The zero-order chi connectivity index (χ0) is 12.1. The molecule has 96 valence electrons. The van der Waals surface area contributed by atoms with Gasteiger partial charge in [-0.25, -0.2) is 0 Å². The summed E-state index contributed by atoms with van der Waals surface area (Å²) in [6.07, 6.45) is 11.1. The average Bonchev–Trinajstić information content (AvgIpc) is 2.79. The maximum atomic E-state index is 5.58. The summed E-state index contributed by atoms with van der Waals surface area (Å²) in [5.74, 6) is 0.648. The highest BCUT2D eigenvalue weighted by Crippen LogP contribution is 2.27. The molecule has 1 saturated carbocycles. The SMILES string of the molecule is CC(CCN)Cc1ccn(C2CCCCC2)n1. The number of rotatable bonds is 5. The van der Waals surface area contributed by atoms with Crippen LogP contribution in [0, 0.1) is 5.92 Å². The van der Waals surface area contributed by atoms with Crippen molar-refractivity contribution in [3.63, 3.8) is 0 Å². The van der Waals surface area contributed by atoms with Gasteiger partial charge >= 0.3 is 0 Å². The third-order valence-electron chi connectivity index (χ3n) is 3.83. The van der Waals surface area contributed by atoms with E-state index in [2.05, 4.69) is 23.9 Å². The van der Waals surface area contributed by atoms with Crippen LogP contribution in [0.1, 0.15) is 57.2 Å². The van der Waals surface area contributed by atoms with Crippen molar-refractivity contribution >= 4 is 0 Å². The average molecular weight is 235 g/mol. The van der Waals surface area contributed by atoms with Crippen molar-refractivity contribution in [2.45, 2.75) is 57.9 Å². The molecule has 0 amide bonds. The molecule has 2 N–H and O–H groups in total. The van der Waals surface area contributed by atoms with E-state index >= 15 is 0 Å². The molecule has 1 aliphatic rings. The lowest BCUT2D eigenvalue weighted by Crippen LogP contribution is -2.14. The Balaban J connectivity index is 1.90. The van der Waals surface area contributed by atoms with Gasteiger partial charge in [0.15, 0.2) is 0 Å². The van der Waals surface area contributed by atoms with E-state index < -0.39 is 0 Å². The lowest BCUT2D eigenvalue weighted by Gasteiger charge is -2.21. The molecule has 0 spiro atoms. The summed E-state index contributed by atoms with van der Waals surface area (Å²) in [5.41, 5.74) is 6.81. The number of nitrogens with two attached hydrogens (primary N) is 1. The highest BCUT2D eigenvalue weighted by molar-refractivity contribution is 5.01. The summed E-state index contributed by atoms with van der Waals surface area (Å²) in [4.78, 5) is 0. The van der Waals surface area contributed by atoms with Crippen LogP contribution in [0.5, 0.6) is 0 Å². The van der Waals surface area contributed by atoms with E-state index in [9.17, 15) is 0 Å². The van der Waals surface area contributed by atoms with Crippen molar-refractivity contribution in [1.82, 2.24) is 9.78 Å². The lowest BCUT2D eigenvalue weighted by molar-refractivity contribution is 0.327. The first-order valence-electron chi connectivity index (χ1n) is 7.03. The van der Waals surface area contributed by atoms with Gasteiger partial charge in [-0.2, -0.15) is 5.10 Å². The topological polar surface area (TPSA) is 43.8 Å². The Labute approximate surface area is 104 Å². The van der Waals surface area contributed by atoms with Crippen LogP contribution in [0.3, 0.4) is 0 Å². The third-order valence-corrected chi connectivity index (χ3v) is 3.83. The Morgan fingerprint density at radius 3 is 2.88 bits per heavy atom. The molecule has 1 aromatic rings. The van der Waals surface area contributed by atoms with Crippen LogP contribution >= 0.6 is 0 Å². The summed E-state index contributed by atoms with van der Waals surface area (Å²) >= 11 is 0. The second kappa shape index (κ2) is 6.20. The molecule has 1 atom stereocenters. The maximum absolute atomic E-state index is 5.58. The van der Waals surface area contributed by atoms with Crippen LogP contribution in [-0.4, -0.2) is 16.3 Å². The fourth-order valence-corrected chi connectivity index (χ4v) is 2.78. The molecule has 0 radical (unpaired) electrons. The lowest BCUT2D eigenvalue weighted by atomic mass is 9.96. The predicted octanol–water partition coefficient (Wildman–Crippen LogP) is 2.92. The first kappa shape index (κ1) is 12.6. The standard InChI is InChI=1S/C14H25N3/c1-12(7-9-15)11-13-8-10-17(16-13)14-5-3-2-4-6-14/h8,10,12,14H,2-7,9,11,15H2,1H3. The Morgan fingerprint density at radius 2 is 2.18 bits per heavy atom. The van der Waals surface area contributed by atoms with Crippen molar-refractivity contribution in [2.24, 2.45) is 11.7 Å². The smallest absolute Gasteiger partial charge is 0.0627 e. The van der Waals surface area contributed by atoms with E-state index in [1.54, 1.807) is 0 Å². The Morgan fingerprint density at radius 1 is 1.41 bits per heavy atom. The fourth-order valence-electron chi connectivity index (χ4n) is 2.78. The number of aromatic nitrogens is 2. The van der Waals surface area contributed by atoms with Crippen molar-refractivity contribution in [3.05, 3.63) is 18.0 Å². The van der Waals surface area contributed by atoms with Gasteiger partial charge in [0.25, 0.3) is 0 Å². The van der Waals surface area contributed by atoms with Crippen LogP contribution in [0.4, 0.5) is 0 Å². The molecule has 0 aromatic carbocycles. The third kappa shape index (κ3) is 3.56.